The SMILES string of the molecule is CC[NH+]1CCc2c(sc(NC(=O)c3ccc(S(=O)(=O)N(C)C)cc3)c2C(N)=O)C1. The molecule has 0 fully saturated rings. The number of sulfonamides is 1. The van der Waals surface area contributed by atoms with E-state index in [-0.39, 0.29) is 4.90 Å². The molecule has 0 radical (unpaired) electrons. The molecule has 0 spiro atoms. The number of primary amides is 1. The molecule has 2 aromatic rings. The van der Waals surface area contributed by atoms with Crippen LogP contribution in [0, 0.1) is 0 Å². The highest BCUT2D eigenvalue weighted by Gasteiger charge is 2.29. The quantitative estimate of drug-likeness (QED) is 0.603. The molecule has 0 bridgehead atoms. The van der Waals surface area contributed by atoms with Crippen LogP contribution >= 0.6 is 11.3 Å². The first-order chi connectivity index (χ1) is 13.6. The number of benzene rings is 1. The van der Waals surface area contributed by atoms with Crippen molar-refractivity contribution in [2.24, 2.45) is 5.73 Å². The molecule has 2 amide bonds. The fourth-order valence-corrected chi connectivity index (χ4v) is 5.57. The first-order valence-electron chi connectivity index (χ1n) is 9.27. The Morgan fingerprint density at radius 1 is 1.24 bits per heavy atom. The Labute approximate surface area is 174 Å². The van der Waals surface area contributed by atoms with Gasteiger partial charge in [-0.15, -0.1) is 11.3 Å². The summed E-state index contributed by atoms with van der Waals surface area (Å²) in [7, 11) is -0.675. The van der Waals surface area contributed by atoms with E-state index in [9.17, 15) is 18.0 Å². The second-order valence-corrected chi connectivity index (χ2v) is 10.4. The Morgan fingerprint density at radius 2 is 1.90 bits per heavy atom. The molecule has 10 heteroatoms. The molecule has 1 aromatic heterocycles. The van der Waals surface area contributed by atoms with Crippen LogP contribution in [0.5, 0.6) is 0 Å². The molecule has 1 aliphatic rings. The van der Waals surface area contributed by atoms with E-state index in [1.54, 1.807) is 0 Å². The fraction of sp³-hybridized carbons (Fsp3) is 0.368. The molecular weight excluding hydrogens is 412 g/mol. The zero-order valence-electron chi connectivity index (χ0n) is 16.6. The number of likely N-dealkylation sites (N-methyl/N-ethyl adjacent to an activating group) is 1. The van der Waals surface area contributed by atoms with Crippen LogP contribution in [0.3, 0.4) is 0 Å². The van der Waals surface area contributed by atoms with Crippen molar-refractivity contribution in [2.75, 3.05) is 32.5 Å². The van der Waals surface area contributed by atoms with Crippen molar-refractivity contribution in [3.05, 3.63) is 45.8 Å². The van der Waals surface area contributed by atoms with Gasteiger partial charge in [0.05, 0.1) is 28.4 Å². The lowest BCUT2D eigenvalue weighted by Crippen LogP contribution is -3.11. The first kappa shape index (κ1) is 21.4. The molecule has 1 unspecified atom stereocenters. The van der Waals surface area contributed by atoms with Crippen molar-refractivity contribution in [1.82, 2.24) is 4.31 Å². The van der Waals surface area contributed by atoms with E-state index in [1.165, 1.54) is 54.6 Å². The first-order valence-corrected chi connectivity index (χ1v) is 11.5. The normalized spacial score (nSPS) is 16.5. The lowest BCUT2D eigenvalue weighted by Gasteiger charge is -2.22. The number of hydrogen-bond acceptors (Lipinski definition) is 5. The molecule has 1 aliphatic heterocycles. The Kier molecular flexibility index (Phi) is 6.08. The van der Waals surface area contributed by atoms with E-state index in [0.717, 1.165) is 40.8 Å². The molecule has 1 aromatic carbocycles. The minimum atomic E-state index is -3.57. The summed E-state index contributed by atoms with van der Waals surface area (Å²) in [5, 5.41) is 3.24. The number of quaternary nitrogens is 1. The monoisotopic (exact) mass is 437 g/mol. The molecule has 0 saturated heterocycles. The van der Waals surface area contributed by atoms with Gasteiger partial charge < -0.3 is 16.0 Å². The third-order valence-corrected chi connectivity index (χ3v) is 8.08. The highest BCUT2D eigenvalue weighted by molar-refractivity contribution is 7.89. The number of nitrogens with two attached hydrogens (primary N) is 1. The Hall–Kier alpha value is -2.27. The Balaban J connectivity index is 1.86. The molecule has 0 saturated carbocycles. The standard InChI is InChI=1S/C19H24N4O4S2/c1-4-23-10-9-14-15(11-23)28-19(16(14)17(20)24)21-18(25)12-5-7-13(8-6-12)29(26,27)22(2)3/h5-8H,4,9-11H2,1-3H3,(H2,20,24)(H,21,25)/p+1. The van der Waals surface area contributed by atoms with Gasteiger partial charge in [-0.2, -0.15) is 0 Å². The largest absolute Gasteiger partial charge is 0.365 e. The number of amides is 2. The maximum atomic E-state index is 12.7. The molecule has 2 heterocycles. The van der Waals surface area contributed by atoms with E-state index in [2.05, 4.69) is 12.2 Å². The van der Waals surface area contributed by atoms with Crippen LogP contribution < -0.4 is 16.0 Å². The van der Waals surface area contributed by atoms with Gasteiger partial charge in [-0.25, -0.2) is 12.7 Å². The topological polar surface area (TPSA) is 114 Å². The maximum Gasteiger partial charge on any atom is 0.256 e. The van der Waals surface area contributed by atoms with E-state index >= 15 is 0 Å². The molecule has 8 nitrogen and oxygen atoms in total. The summed E-state index contributed by atoms with van der Waals surface area (Å²) in [5.41, 5.74) is 7.22. The van der Waals surface area contributed by atoms with Crippen LogP contribution in [0.4, 0.5) is 5.00 Å². The molecular formula is C19H25N4O4S2+. The molecule has 3 rings (SSSR count). The Morgan fingerprint density at radius 3 is 2.45 bits per heavy atom. The van der Waals surface area contributed by atoms with Gasteiger partial charge in [0.15, 0.2) is 0 Å². The molecule has 156 valence electrons. The van der Waals surface area contributed by atoms with Crippen molar-refractivity contribution in [3.8, 4) is 0 Å². The summed E-state index contributed by atoms with van der Waals surface area (Å²) >= 11 is 1.39. The van der Waals surface area contributed by atoms with E-state index < -0.39 is 21.8 Å². The zero-order chi connectivity index (χ0) is 21.3. The maximum absolute atomic E-state index is 12.7. The number of fused-ring (bicyclic) bond motifs is 1. The number of rotatable bonds is 6. The van der Waals surface area contributed by atoms with Gasteiger partial charge in [0, 0.05) is 26.1 Å². The summed E-state index contributed by atoms with van der Waals surface area (Å²) in [6.45, 7) is 4.85. The zero-order valence-corrected chi connectivity index (χ0v) is 18.2. The van der Waals surface area contributed by atoms with Crippen LogP contribution in [0.15, 0.2) is 29.2 Å². The van der Waals surface area contributed by atoms with Crippen molar-refractivity contribution >= 4 is 38.2 Å². The average molecular weight is 438 g/mol. The van der Waals surface area contributed by atoms with Crippen LogP contribution in [0.25, 0.3) is 0 Å². The van der Waals surface area contributed by atoms with E-state index in [1.807, 2.05) is 0 Å². The highest BCUT2D eigenvalue weighted by atomic mass is 32.2. The van der Waals surface area contributed by atoms with Crippen molar-refractivity contribution in [1.29, 1.82) is 0 Å². The number of carbonyl (C=O) groups is 2. The van der Waals surface area contributed by atoms with Crippen LogP contribution in [0.1, 0.15) is 38.1 Å². The predicted octanol–water partition coefficient (Wildman–Crippen LogP) is 0.311. The fourth-order valence-electron chi connectivity index (χ4n) is 3.35. The van der Waals surface area contributed by atoms with Gasteiger partial charge in [0.1, 0.15) is 11.5 Å². The summed E-state index contributed by atoms with van der Waals surface area (Å²) in [6.07, 6.45) is 0.750. The molecule has 29 heavy (non-hydrogen) atoms. The summed E-state index contributed by atoms with van der Waals surface area (Å²) < 4.78 is 25.4. The Bertz CT molecular complexity index is 1040. The van der Waals surface area contributed by atoms with Gasteiger partial charge in [0.25, 0.3) is 11.8 Å². The van der Waals surface area contributed by atoms with Crippen molar-refractivity contribution in [2.45, 2.75) is 24.8 Å². The minimum Gasteiger partial charge on any atom is -0.365 e. The summed E-state index contributed by atoms with van der Waals surface area (Å²) in [6, 6.07) is 5.68. The molecule has 4 N–H and O–H groups in total. The van der Waals surface area contributed by atoms with Crippen LogP contribution in [-0.4, -0.2) is 51.7 Å². The number of nitrogens with zero attached hydrogens (tertiary/aromatic N) is 1. The van der Waals surface area contributed by atoms with Gasteiger partial charge in [0.2, 0.25) is 10.0 Å². The lowest BCUT2D eigenvalue weighted by molar-refractivity contribution is -0.913. The van der Waals surface area contributed by atoms with Gasteiger partial charge in [-0.1, -0.05) is 0 Å². The molecule has 1 atom stereocenters. The van der Waals surface area contributed by atoms with Crippen LogP contribution in [-0.2, 0) is 23.0 Å². The third kappa shape index (κ3) is 4.20. The van der Waals surface area contributed by atoms with Gasteiger partial charge in [-0.05, 0) is 36.8 Å². The summed E-state index contributed by atoms with van der Waals surface area (Å²) in [5.74, 6) is -0.968. The average Bonchev–Trinajstić information content (AvgIpc) is 3.04. The highest BCUT2D eigenvalue weighted by Crippen LogP contribution is 2.34. The van der Waals surface area contributed by atoms with E-state index in [0.29, 0.717) is 16.1 Å². The number of hydrogen-bond donors (Lipinski definition) is 3. The second-order valence-electron chi connectivity index (χ2n) is 7.12. The second kappa shape index (κ2) is 8.23. The van der Waals surface area contributed by atoms with E-state index in [4.69, 9.17) is 5.73 Å². The number of thiophene rings is 1. The smallest absolute Gasteiger partial charge is 0.256 e. The predicted molar refractivity (Wildman–Crippen MR) is 112 cm³/mol. The number of anilines is 1. The van der Waals surface area contributed by atoms with Crippen molar-refractivity contribution in [3.63, 3.8) is 0 Å². The minimum absolute atomic E-state index is 0.103. The number of carbonyl (C=O) groups excluding carboxylic acids is 2. The van der Waals surface area contributed by atoms with Gasteiger partial charge in [-0.3, -0.25) is 9.59 Å². The van der Waals surface area contributed by atoms with Gasteiger partial charge >= 0.3 is 0 Å². The number of nitrogens with one attached hydrogen (secondary N) is 2. The third-order valence-electron chi connectivity index (χ3n) is 5.10. The molecule has 0 aliphatic carbocycles. The lowest BCUT2D eigenvalue weighted by atomic mass is 10.0. The van der Waals surface area contributed by atoms with Crippen LogP contribution in [0.2, 0.25) is 0 Å². The van der Waals surface area contributed by atoms with Crippen molar-refractivity contribution < 1.29 is 22.9 Å². The summed E-state index contributed by atoms with van der Waals surface area (Å²) in [4.78, 5) is 27.3.